The third-order valence-electron chi connectivity index (χ3n) is 3.00. The molecule has 7 heteroatoms. The summed E-state index contributed by atoms with van der Waals surface area (Å²) in [4.78, 5) is 4.31. The van der Waals surface area contributed by atoms with Crippen LogP contribution in [-0.2, 0) is 0 Å². The normalized spacial score (nSPS) is 15.6. The molecule has 0 amide bonds. The fourth-order valence-electron chi connectivity index (χ4n) is 2.25. The molecule has 0 bridgehead atoms. The monoisotopic (exact) mass is 324 g/mol. The first-order chi connectivity index (χ1) is 9.19. The van der Waals surface area contributed by atoms with Gasteiger partial charge in [-0.1, -0.05) is 11.6 Å². The van der Waals surface area contributed by atoms with Crippen molar-refractivity contribution in [2.24, 2.45) is 0 Å². The first kappa shape index (κ1) is 15.4. The molecule has 0 fully saturated rings. The lowest BCUT2D eigenvalue weighted by atomic mass is 10.2. The minimum Gasteiger partial charge on any atom is -0.324 e. The Bertz CT molecular complexity index is 620. The molecule has 0 aliphatic heterocycles. The number of hydrogen-bond donors (Lipinski definition) is 0. The van der Waals surface area contributed by atoms with E-state index in [0.717, 1.165) is 0 Å². The van der Waals surface area contributed by atoms with Crippen molar-refractivity contribution in [1.82, 2.24) is 9.55 Å². The molecule has 2 rings (SSSR count). The summed E-state index contributed by atoms with van der Waals surface area (Å²) in [6.07, 6.45) is -5.19. The smallest absolute Gasteiger partial charge is 0.324 e. The van der Waals surface area contributed by atoms with Crippen LogP contribution in [0.15, 0.2) is 18.2 Å². The van der Waals surface area contributed by atoms with Crippen molar-refractivity contribution in [3.63, 3.8) is 0 Å². The van der Waals surface area contributed by atoms with E-state index in [2.05, 4.69) is 4.98 Å². The van der Waals surface area contributed by atoms with Gasteiger partial charge in [-0.05, 0) is 32.0 Å². The highest BCUT2D eigenvalue weighted by Gasteiger charge is 2.32. The molecule has 0 saturated carbocycles. The van der Waals surface area contributed by atoms with E-state index >= 15 is 0 Å². The Kier molecular flexibility index (Phi) is 4.21. The fraction of sp³-hybridized carbons (Fsp3) is 0.462. The van der Waals surface area contributed by atoms with Crippen molar-refractivity contribution in [1.29, 1.82) is 0 Å². The van der Waals surface area contributed by atoms with Crippen molar-refractivity contribution >= 4 is 34.2 Å². The molecule has 1 aromatic heterocycles. The quantitative estimate of drug-likeness (QED) is 0.681. The maximum Gasteiger partial charge on any atom is 0.391 e. The van der Waals surface area contributed by atoms with E-state index in [4.69, 9.17) is 23.2 Å². The van der Waals surface area contributed by atoms with E-state index < -0.39 is 24.0 Å². The largest absolute Gasteiger partial charge is 0.391 e. The number of rotatable bonds is 3. The molecule has 0 aliphatic rings. The Hall–Kier alpha value is -0.940. The van der Waals surface area contributed by atoms with Gasteiger partial charge >= 0.3 is 6.18 Å². The molecule has 2 nitrogen and oxygen atoms in total. The lowest BCUT2D eigenvalue weighted by molar-refractivity contribution is -0.141. The minimum atomic E-state index is -4.25. The van der Waals surface area contributed by atoms with Crippen LogP contribution in [0.3, 0.4) is 0 Å². The van der Waals surface area contributed by atoms with Crippen molar-refractivity contribution in [3.8, 4) is 0 Å². The molecule has 0 N–H and O–H groups in total. The van der Waals surface area contributed by atoms with E-state index in [-0.39, 0.29) is 0 Å². The van der Waals surface area contributed by atoms with Gasteiger partial charge in [-0.15, -0.1) is 11.6 Å². The van der Waals surface area contributed by atoms with Gasteiger partial charge in [0.1, 0.15) is 5.82 Å². The van der Waals surface area contributed by atoms with Crippen LogP contribution in [0.2, 0.25) is 5.02 Å². The van der Waals surface area contributed by atoms with Crippen LogP contribution in [0.4, 0.5) is 13.2 Å². The number of imidazole rings is 1. The summed E-state index contributed by atoms with van der Waals surface area (Å²) in [6, 6.07) is 4.14. The Labute approximate surface area is 124 Å². The number of hydrogen-bond acceptors (Lipinski definition) is 1. The van der Waals surface area contributed by atoms with Crippen LogP contribution in [0.25, 0.3) is 11.0 Å². The second-order valence-electron chi connectivity index (χ2n) is 4.76. The first-order valence-electron chi connectivity index (χ1n) is 6.07. The molecule has 0 spiro atoms. The summed E-state index contributed by atoms with van der Waals surface area (Å²) in [5.74, 6) is 0.417. The van der Waals surface area contributed by atoms with Gasteiger partial charge in [-0.3, -0.25) is 0 Å². The molecule has 1 aromatic carbocycles. The lowest BCUT2D eigenvalue weighted by Gasteiger charge is -2.20. The zero-order chi connectivity index (χ0) is 15.1. The molecular weight excluding hydrogens is 312 g/mol. The van der Waals surface area contributed by atoms with E-state index in [1.807, 2.05) is 0 Å². The predicted octanol–water partition coefficient (Wildman–Crippen LogP) is 5.50. The summed E-state index contributed by atoms with van der Waals surface area (Å²) >= 11 is 12.0. The van der Waals surface area contributed by atoms with Gasteiger partial charge in [0.25, 0.3) is 0 Å². The fourth-order valence-corrected chi connectivity index (χ4v) is 2.58. The van der Waals surface area contributed by atoms with E-state index in [1.54, 1.807) is 25.1 Å². The van der Waals surface area contributed by atoms with Gasteiger partial charge in [-0.2, -0.15) is 13.2 Å². The van der Waals surface area contributed by atoms with Crippen molar-refractivity contribution < 1.29 is 13.2 Å². The van der Waals surface area contributed by atoms with E-state index in [0.29, 0.717) is 21.9 Å². The van der Waals surface area contributed by atoms with Gasteiger partial charge in [0.05, 0.1) is 22.8 Å². The molecule has 0 aliphatic carbocycles. The average molecular weight is 325 g/mol. The van der Waals surface area contributed by atoms with Crippen molar-refractivity contribution in [2.45, 2.75) is 37.9 Å². The molecule has 0 saturated heterocycles. The van der Waals surface area contributed by atoms with Gasteiger partial charge in [-0.25, -0.2) is 4.98 Å². The summed E-state index contributed by atoms with van der Waals surface area (Å²) in [5.41, 5.74) is 1.16. The molecule has 2 atom stereocenters. The second-order valence-corrected chi connectivity index (χ2v) is 5.85. The maximum atomic E-state index is 12.6. The minimum absolute atomic E-state index is 0.417. The summed E-state index contributed by atoms with van der Waals surface area (Å²) < 4.78 is 39.4. The van der Waals surface area contributed by atoms with Crippen molar-refractivity contribution in [2.75, 3.05) is 0 Å². The second kappa shape index (κ2) is 5.45. The topological polar surface area (TPSA) is 17.8 Å². The summed E-state index contributed by atoms with van der Waals surface area (Å²) in [6.45, 7) is 3.18. The molecular formula is C13H13Cl2F3N2. The molecule has 110 valence electrons. The highest BCUT2D eigenvalue weighted by Crippen LogP contribution is 2.34. The zero-order valence-electron chi connectivity index (χ0n) is 10.9. The van der Waals surface area contributed by atoms with Crippen molar-refractivity contribution in [3.05, 3.63) is 29.0 Å². The predicted molar refractivity (Wildman–Crippen MR) is 74.4 cm³/mol. The Balaban J connectivity index is 2.58. The number of fused-ring (bicyclic) bond motifs is 1. The standard InChI is InChI=1S/C13H13Cl2F3N2/c1-7(6-13(16,17)18)20-11-5-9(15)3-4-10(11)19-12(20)8(2)14/h3-5,7-8H,6H2,1-2H3. The zero-order valence-corrected chi connectivity index (χ0v) is 12.4. The summed E-state index contributed by atoms with van der Waals surface area (Å²) in [5, 5.41) is -0.0384. The molecule has 2 unspecified atom stereocenters. The van der Waals surface area contributed by atoms with Gasteiger partial charge in [0, 0.05) is 11.1 Å². The Morgan fingerprint density at radius 2 is 1.95 bits per heavy atom. The van der Waals surface area contributed by atoms with Crippen LogP contribution in [-0.4, -0.2) is 15.7 Å². The third-order valence-corrected chi connectivity index (χ3v) is 3.43. The third kappa shape index (κ3) is 3.20. The van der Waals surface area contributed by atoms with Crippen LogP contribution >= 0.6 is 23.2 Å². The highest BCUT2D eigenvalue weighted by atomic mass is 35.5. The van der Waals surface area contributed by atoms with E-state index in [1.165, 1.54) is 11.5 Å². The molecule has 2 aromatic rings. The highest BCUT2D eigenvalue weighted by molar-refractivity contribution is 6.31. The van der Waals surface area contributed by atoms with Crippen LogP contribution in [0.1, 0.15) is 37.5 Å². The molecule has 20 heavy (non-hydrogen) atoms. The number of aromatic nitrogens is 2. The maximum absolute atomic E-state index is 12.6. The number of benzene rings is 1. The Morgan fingerprint density at radius 3 is 2.50 bits per heavy atom. The average Bonchev–Trinajstić information content (AvgIpc) is 2.65. The number of alkyl halides is 4. The molecule has 1 heterocycles. The lowest BCUT2D eigenvalue weighted by Crippen LogP contribution is -2.18. The van der Waals surface area contributed by atoms with Gasteiger partial charge in [0.15, 0.2) is 0 Å². The van der Waals surface area contributed by atoms with Gasteiger partial charge < -0.3 is 4.57 Å². The number of nitrogens with zero attached hydrogens (tertiary/aromatic N) is 2. The number of halogens is 5. The summed E-state index contributed by atoms with van der Waals surface area (Å²) in [7, 11) is 0. The van der Waals surface area contributed by atoms with Crippen LogP contribution < -0.4 is 0 Å². The first-order valence-corrected chi connectivity index (χ1v) is 6.88. The Morgan fingerprint density at radius 1 is 1.30 bits per heavy atom. The SMILES string of the molecule is CC(Cl)c1nc2ccc(Cl)cc2n1C(C)CC(F)(F)F. The van der Waals surface area contributed by atoms with E-state index in [9.17, 15) is 13.2 Å². The van der Waals surface area contributed by atoms with Crippen LogP contribution in [0.5, 0.6) is 0 Å². The van der Waals surface area contributed by atoms with Gasteiger partial charge in [0.2, 0.25) is 0 Å². The molecule has 0 radical (unpaired) electrons. The van der Waals surface area contributed by atoms with Crippen LogP contribution in [0, 0.1) is 0 Å².